The van der Waals surface area contributed by atoms with Gasteiger partial charge >= 0.3 is 0 Å². The second-order valence-corrected chi connectivity index (χ2v) is 5.75. The molecule has 1 aromatic rings. The smallest absolute Gasteiger partial charge is 0.119 e. The average molecular weight is 276 g/mol. The zero-order valence-electron chi connectivity index (χ0n) is 12.0. The maximum absolute atomic E-state index is 6.00. The van der Waals surface area contributed by atoms with Crippen LogP contribution in [-0.4, -0.2) is 38.4 Å². The Hall–Kier alpha value is -1.26. The van der Waals surface area contributed by atoms with E-state index in [1.54, 1.807) is 0 Å². The molecule has 20 heavy (non-hydrogen) atoms. The zero-order chi connectivity index (χ0) is 13.8. The van der Waals surface area contributed by atoms with Crippen LogP contribution >= 0.6 is 0 Å². The van der Waals surface area contributed by atoms with Crippen LogP contribution in [0.2, 0.25) is 0 Å². The van der Waals surface area contributed by atoms with Crippen LogP contribution in [0, 0.1) is 0 Å². The lowest BCUT2D eigenvalue weighted by molar-refractivity contribution is 0.0256. The number of nitrogens with two attached hydrogens (primary N) is 1. The van der Waals surface area contributed by atoms with Crippen LogP contribution in [-0.2, 0) is 4.74 Å². The maximum Gasteiger partial charge on any atom is 0.119 e. The molecule has 4 nitrogen and oxygen atoms in total. The lowest BCUT2D eigenvalue weighted by Crippen LogP contribution is -2.39. The lowest BCUT2D eigenvalue weighted by Gasteiger charge is -2.32. The zero-order valence-corrected chi connectivity index (χ0v) is 12.0. The van der Waals surface area contributed by atoms with E-state index in [-0.39, 0.29) is 0 Å². The number of ether oxygens (including phenoxy) is 2. The van der Waals surface area contributed by atoms with Crippen molar-refractivity contribution < 1.29 is 9.47 Å². The monoisotopic (exact) mass is 276 g/mol. The molecule has 1 aromatic carbocycles. The number of nitrogens with zero attached hydrogens (tertiary/aromatic N) is 1. The van der Waals surface area contributed by atoms with Gasteiger partial charge in [-0.05, 0) is 37.1 Å². The van der Waals surface area contributed by atoms with E-state index < -0.39 is 0 Å². The van der Waals surface area contributed by atoms with Crippen LogP contribution in [0.25, 0.3) is 0 Å². The summed E-state index contributed by atoms with van der Waals surface area (Å²) in [6.07, 6.45) is 4.46. The minimum Gasteiger partial charge on any atom is -0.490 e. The number of piperidine rings is 1. The normalized spacial score (nSPS) is 21.9. The van der Waals surface area contributed by atoms with Crippen molar-refractivity contribution in [2.45, 2.75) is 37.8 Å². The highest BCUT2D eigenvalue weighted by molar-refractivity contribution is 5.49. The van der Waals surface area contributed by atoms with Crippen molar-refractivity contribution in [3.8, 4) is 5.75 Å². The summed E-state index contributed by atoms with van der Waals surface area (Å²) in [6, 6.07) is 8.86. The Morgan fingerprint density at radius 3 is 2.30 bits per heavy atom. The Labute approximate surface area is 120 Å². The molecule has 2 heterocycles. The van der Waals surface area contributed by atoms with Crippen LogP contribution < -0.4 is 15.4 Å². The van der Waals surface area contributed by atoms with Crippen LogP contribution in [0.1, 0.15) is 25.7 Å². The van der Waals surface area contributed by atoms with Crippen molar-refractivity contribution in [3.63, 3.8) is 0 Å². The Morgan fingerprint density at radius 1 is 1.00 bits per heavy atom. The first-order valence-electron chi connectivity index (χ1n) is 7.66. The molecular formula is C16H24N2O2. The first-order valence-corrected chi connectivity index (χ1v) is 7.66. The predicted molar refractivity (Wildman–Crippen MR) is 80.3 cm³/mol. The highest BCUT2D eigenvalue weighted by atomic mass is 16.5. The van der Waals surface area contributed by atoms with Crippen LogP contribution in [0.3, 0.4) is 0 Å². The standard InChI is InChI=1S/C16H24N2O2/c17-13-5-9-18(10-6-13)14-1-3-15(4-2-14)20-16-7-11-19-12-8-16/h1-4,13,16H,5-12,17H2. The molecule has 0 spiro atoms. The highest BCUT2D eigenvalue weighted by Gasteiger charge is 2.17. The van der Waals surface area contributed by atoms with Gasteiger partial charge in [0.05, 0.1) is 13.2 Å². The van der Waals surface area contributed by atoms with E-state index in [9.17, 15) is 0 Å². The van der Waals surface area contributed by atoms with E-state index in [0.29, 0.717) is 12.1 Å². The van der Waals surface area contributed by atoms with E-state index in [0.717, 1.165) is 57.7 Å². The Morgan fingerprint density at radius 2 is 1.65 bits per heavy atom. The van der Waals surface area contributed by atoms with Crippen molar-refractivity contribution in [3.05, 3.63) is 24.3 Å². The minimum absolute atomic E-state index is 0.308. The minimum atomic E-state index is 0.308. The molecule has 0 saturated carbocycles. The molecule has 2 aliphatic rings. The summed E-state index contributed by atoms with van der Waals surface area (Å²) in [5.41, 5.74) is 7.22. The summed E-state index contributed by atoms with van der Waals surface area (Å²) in [4.78, 5) is 2.40. The Bertz CT molecular complexity index is 407. The summed E-state index contributed by atoms with van der Waals surface area (Å²) in [7, 11) is 0. The quantitative estimate of drug-likeness (QED) is 0.919. The molecule has 0 unspecified atom stereocenters. The van der Waals surface area contributed by atoms with E-state index in [1.165, 1.54) is 5.69 Å². The average Bonchev–Trinajstić information content (AvgIpc) is 2.50. The second kappa shape index (κ2) is 6.46. The van der Waals surface area contributed by atoms with E-state index in [4.69, 9.17) is 15.2 Å². The van der Waals surface area contributed by atoms with Crippen molar-refractivity contribution in [2.75, 3.05) is 31.2 Å². The van der Waals surface area contributed by atoms with Gasteiger partial charge in [-0.3, -0.25) is 0 Å². The summed E-state index contributed by atoms with van der Waals surface area (Å²) in [6.45, 7) is 3.75. The largest absolute Gasteiger partial charge is 0.490 e. The third-order valence-electron chi connectivity index (χ3n) is 4.21. The molecular weight excluding hydrogens is 252 g/mol. The van der Waals surface area contributed by atoms with Gasteiger partial charge in [-0.25, -0.2) is 0 Å². The molecule has 0 amide bonds. The summed E-state index contributed by atoms with van der Waals surface area (Å²) >= 11 is 0. The topological polar surface area (TPSA) is 47.7 Å². The summed E-state index contributed by atoms with van der Waals surface area (Å²) in [5, 5.41) is 0. The fourth-order valence-corrected chi connectivity index (χ4v) is 2.88. The number of hydrogen-bond acceptors (Lipinski definition) is 4. The summed E-state index contributed by atoms with van der Waals surface area (Å²) < 4.78 is 11.3. The van der Waals surface area contributed by atoms with Gasteiger partial charge in [0.1, 0.15) is 11.9 Å². The van der Waals surface area contributed by atoms with Gasteiger partial charge in [0.25, 0.3) is 0 Å². The first-order chi connectivity index (χ1) is 9.81. The maximum atomic E-state index is 6.00. The van der Waals surface area contributed by atoms with Crippen molar-refractivity contribution >= 4 is 5.69 Å². The molecule has 2 saturated heterocycles. The number of hydrogen-bond donors (Lipinski definition) is 1. The van der Waals surface area contributed by atoms with Gasteiger partial charge in [0.2, 0.25) is 0 Å². The number of benzene rings is 1. The van der Waals surface area contributed by atoms with Crippen molar-refractivity contribution in [1.29, 1.82) is 0 Å². The van der Waals surface area contributed by atoms with Crippen LogP contribution in [0.4, 0.5) is 5.69 Å². The molecule has 0 aromatic heterocycles. The number of rotatable bonds is 3. The lowest BCUT2D eigenvalue weighted by atomic mass is 10.1. The Kier molecular flexibility index (Phi) is 4.43. The molecule has 0 aliphatic carbocycles. The predicted octanol–water partition coefficient (Wildman–Crippen LogP) is 2.17. The van der Waals surface area contributed by atoms with Gasteiger partial charge in [0.15, 0.2) is 0 Å². The summed E-state index contributed by atoms with van der Waals surface area (Å²) in [5.74, 6) is 0.967. The molecule has 2 aliphatic heterocycles. The van der Waals surface area contributed by atoms with Crippen molar-refractivity contribution in [2.24, 2.45) is 5.73 Å². The third kappa shape index (κ3) is 3.44. The number of anilines is 1. The van der Waals surface area contributed by atoms with Crippen LogP contribution in [0.5, 0.6) is 5.75 Å². The molecule has 110 valence electrons. The molecule has 2 N–H and O–H groups in total. The van der Waals surface area contributed by atoms with Crippen LogP contribution in [0.15, 0.2) is 24.3 Å². The van der Waals surface area contributed by atoms with Gasteiger partial charge in [0, 0.05) is 37.7 Å². The SMILES string of the molecule is NC1CCN(c2ccc(OC3CCOCC3)cc2)CC1. The second-order valence-electron chi connectivity index (χ2n) is 5.75. The molecule has 0 radical (unpaired) electrons. The third-order valence-corrected chi connectivity index (χ3v) is 4.21. The molecule has 4 heteroatoms. The Balaban J connectivity index is 1.56. The fourth-order valence-electron chi connectivity index (χ4n) is 2.88. The molecule has 2 fully saturated rings. The van der Waals surface area contributed by atoms with E-state index in [1.807, 2.05) is 0 Å². The fraction of sp³-hybridized carbons (Fsp3) is 0.625. The van der Waals surface area contributed by atoms with E-state index >= 15 is 0 Å². The van der Waals surface area contributed by atoms with Gasteiger partial charge < -0.3 is 20.1 Å². The van der Waals surface area contributed by atoms with E-state index in [2.05, 4.69) is 29.2 Å². The first kappa shape index (κ1) is 13.7. The molecule has 3 rings (SSSR count). The van der Waals surface area contributed by atoms with Crippen molar-refractivity contribution in [1.82, 2.24) is 0 Å². The van der Waals surface area contributed by atoms with Gasteiger partial charge in [-0.1, -0.05) is 0 Å². The highest BCUT2D eigenvalue weighted by Crippen LogP contribution is 2.24. The molecule has 0 atom stereocenters. The van der Waals surface area contributed by atoms with Gasteiger partial charge in [-0.2, -0.15) is 0 Å². The molecule has 0 bridgehead atoms. The van der Waals surface area contributed by atoms with Gasteiger partial charge in [-0.15, -0.1) is 0 Å².